The average molecular weight is 1170 g/mol. The van der Waals surface area contributed by atoms with Crippen LogP contribution in [0.15, 0.2) is 174 Å². The molecule has 0 aliphatic rings. The molecule has 0 spiro atoms. The fraction of sp³-hybridized carbons (Fsp3) is 0.176. The largest absolute Gasteiger partial charge is 0.507 e. The van der Waals surface area contributed by atoms with Gasteiger partial charge in [-0.2, -0.15) is 0 Å². The predicted molar refractivity (Wildman–Crippen MR) is 312 cm³/mol. The van der Waals surface area contributed by atoms with Crippen LogP contribution in [-0.4, -0.2) is 19.6 Å². The van der Waals surface area contributed by atoms with Crippen LogP contribution in [0.5, 0.6) is 5.75 Å². The fourth-order valence-electron chi connectivity index (χ4n) is 11.1. The summed E-state index contributed by atoms with van der Waals surface area (Å²) in [5.74, 6) is 0.902. The van der Waals surface area contributed by atoms with Gasteiger partial charge in [-0.25, -0.2) is 4.98 Å². The van der Waals surface area contributed by atoms with Crippen LogP contribution in [0, 0.1) is 6.07 Å². The number of nitrogens with zero attached hydrogens (tertiary/aromatic N) is 3. The number of hydrogen-bond donors (Lipinski definition) is 1. The molecule has 4 aromatic heterocycles. The molecule has 4 heterocycles. The van der Waals surface area contributed by atoms with Crippen molar-refractivity contribution < 1.29 is 30.6 Å². The van der Waals surface area contributed by atoms with Crippen LogP contribution in [0.3, 0.4) is 0 Å². The van der Waals surface area contributed by atoms with Gasteiger partial charge in [0.25, 0.3) is 0 Å². The van der Waals surface area contributed by atoms with Gasteiger partial charge in [0.1, 0.15) is 22.1 Å². The number of pyridine rings is 1. The summed E-state index contributed by atoms with van der Waals surface area (Å²) in [4.78, 5) is 11.5. The molecule has 13 rings (SSSR count). The maximum Gasteiger partial charge on any atom is 0.149 e. The summed E-state index contributed by atoms with van der Waals surface area (Å²) < 4.78 is 10.1. The van der Waals surface area contributed by atoms with Gasteiger partial charge in [0.05, 0.1) is 22.3 Å². The molecule has 0 amide bonds. The van der Waals surface area contributed by atoms with Gasteiger partial charge < -0.3 is 9.52 Å². The molecule has 0 bridgehead atoms. The molecule has 0 unspecified atom stereocenters. The zero-order chi connectivity index (χ0) is 51.0. The molecule has 0 aliphatic heterocycles. The molecule has 75 heavy (non-hydrogen) atoms. The first-order valence-electron chi connectivity index (χ1n) is 25.6. The third-order valence-corrected chi connectivity index (χ3v) is 16.2. The molecule has 0 fully saturated rings. The molecule has 13 aromatic rings. The van der Waals surface area contributed by atoms with Crippen molar-refractivity contribution in [1.82, 2.24) is 14.5 Å². The molecule has 1 N–H and O–H groups in total. The monoisotopic (exact) mass is 1170 g/mol. The van der Waals surface area contributed by atoms with Crippen molar-refractivity contribution in [2.45, 2.75) is 78.6 Å². The summed E-state index contributed by atoms with van der Waals surface area (Å²) in [5.41, 5.74) is 12.9. The topological polar surface area (TPSA) is 64.1 Å². The number of aromatic hydroxyl groups is 1. The molecule has 0 saturated heterocycles. The Labute approximate surface area is 455 Å². The van der Waals surface area contributed by atoms with Crippen molar-refractivity contribution >= 4 is 86.0 Å². The third kappa shape index (κ3) is 7.99. The van der Waals surface area contributed by atoms with Crippen molar-refractivity contribution in [1.29, 1.82) is 0 Å². The van der Waals surface area contributed by atoms with Crippen molar-refractivity contribution in [2.75, 3.05) is 0 Å². The van der Waals surface area contributed by atoms with Gasteiger partial charge in [-0.05, 0) is 129 Å². The van der Waals surface area contributed by atoms with Gasteiger partial charge in [0.2, 0.25) is 0 Å². The number of thiophene rings is 1. The van der Waals surface area contributed by atoms with Crippen molar-refractivity contribution in [3.63, 3.8) is 0 Å². The second kappa shape index (κ2) is 17.6. The van der Waals surface area contributed by atoms with Crippen LogP contribution in [0.4, 0.5) is 0 Å². The van der Waals surface area contributed by atoms with Gasteiger partial charge >= 0.3 is 0 Å². The van der Waals surface area contributed by atoms with Crippen molar-refractivity contribution in [3.05, 3.63) is 193 Å². The van der Waals surface area contributed by atoms with Gasteiger partial charge in [0, 0.05) is 49.5 Å². The Balaban J connectivity index is 0.00000569. The van der Waals surface area contributed by atoms with E-state index in [0.29, 0.717) is 11.4 Å². The number of rotatable bonds is 5. The maximum atomic E-state index is 12.6. The number of hydrogen-bond acceptors (Lipinski definition) is 5. The van der Waals surface area contributed by atoms with E-state index in [4.69, 9.17) is 14.4 Å². The number of imidazole rings is 1. The Hall–Kier alpha value is -7.37. The number of benzene rings is 9. The molecule has 372 valence electrons. The first-order valence-corrected chi connectivity index (χ1v) is 26.4. The smallest absolute Gasteiger partial charge is 0.149 e. The van der Waals surface area contributed by atoms with E-state index in [1.807, 2.05) is 6.20 Å². The molecular formula is C68H56N3O2PtS-. The van der Waals surface area contributed by atoms with Crippen LogP contribution in [-0.2, 0) is 37.3 Å². The fourth-order valence-corrected chi connectivity index (χ4v) is 12.2. The molecule has 0 aliphatic carbocycles. The van der Waals surface area contributed by atoms with Crippen LogP contribution >= 0.6 is 11.3 Å². The zero-order valence-corrected chi connectivity index (χ0v) is 46.7. The zero-order valence-electron chi connectivity index (χ0n) is 43.6. The van der Waals surface area contributed by atoms with E-state index in [1.54, 1.807) is 11.3 Å². The minimum absolute atomic E-state index is 0. The molecule has 7 heteroatoms. The maximum absolute atomic E-state index is 12.6. The second-order valence-electron chi connectivity index (χ2n) is 23.1. The number of furan rings is 1. The number of aromatic nitrogens is 3. The Kier molecular flexibility index (Phi) is 11.4. The Bertz CT molecular complexity index is 4410. The standard InChI is InChI=1S/C68H56N3O2S.Pt/c1-66(2,3)43-25-27-56(50(36-43)39-17-11-10-12-18-39)71-57-28-29-58-61(62(57)70-64(71)53-37-44(67(4,5)6)38-54(63(53)72)68(7,8)9)60-52-34-42(24-30-59(52)74-65(60)73-58)55-35-41(31-32-69-55)40-23-26-49-47-21-14-13-19-45(47)46-20-15-16-22-48(46)51(49)33-40;/h10-33,35-38,72H,1-9H3;/q-1;. The Morgan fingerprint density at radius 1 is 0.547 bits per heavy atom. The molecule has 0 saturated carbocycles. The summed E-state index contributed by atoms with van der Waals surface area (Å²) in [6.45, 7) is 20.0. The molecule has 5 nitrogen and oxygen atoms in total. The second-order valence-corrected chi connectivity index (χ2v) is 24.1. The predicted octanol–water partition coefficient (Wildman–Crippen LogP) is 19.1. The van der Waals surface area contributed by atoms with Crippen LogP contribution in [0.25, 0.3) is 125 Å². The summed E-state index contributed by atoms with van der Waals surface area (Å²) in [6, 6.07) is 62.7. The Morgan fingerprint density at radius 3 is 1.87 bits per heavy atom. The van der Waals surface area contributed by atoms with Crippen molar-refractivity contribution in [2.24, 2.45) is 0 Å². The first kappa shape index (κ1) is 48.6. The van der Waals surface area contributed by atoms with Crippen LogP contribution in [0.1, 0.15) is 79.0 Å². The summed E-state index contributed by atoms with van der Waals surface area (Å²) in [6.07, 6.45) is 1.91. The summed E-state index contributed by atoms with van der Waals surface area (Å²) in [7, 11) is 0. The van der Waals surface area contributed by atoms with E-state index in [2.05, 4.69) is 237 Å². The molecule has 0 atom stereocenters. The SMILES string of the molecule is CC(C)(C)c1ccc(-n2c(-c3cc(C(C)(C)C)cc(C(C)(C)C)c3O)nc3c4c(ccc32)oc2sc3ccc(-c5cc(-c6ccc7c8ccccc8c8ccccc8c7c6)ccn5)[c-]c3c24)c(-c2ccccc2)c1.[Pt]. The van der Waals surface area contributed by atoms with Crippen LogP contribution in [0.2, 0.25) is 0 Å². The van der Waals surface area contributed by atoms with E-state index in [9.17, 15) is 5.11 Å². The number of phenolic OH excluding ortho intramolecular Hbond substituents is 1. The van der Waals surface area contributed by atoms with Crippen molar-refractivity contribution in [3.8, 4) is 56.3 Å². The van der Waals surface area contributed by atoms with Gasteiger partial charge in [0.15, 0.2) is 0 Å². The number of fused-ring (bicyclic) bond motifs is 13. The molecular weight excluding hydrogens is 1120 g/mol. The van der Waals surface area contributed by atoms with Crippen LogP contribution < -0.4 is 0 Å². The van der Waals surface area contributed by atoms with E-state index in [1.165, 1.54) is 37.9 Å². The number of phenols is 1. The quantitative estimate of drug-likeness (QED) is 0.138. The third-order valence-electron chi connectivity index (χ3n) is 15.1. The van der Waals surface area contributed by atoms with E-state index < -0.39 is 0 Å². The first-order chi connectivity index (χ1) is 35.5. The van der Waals surface area contributed by atoms with E-state index in [0.717, 1.165) is 92.7 Å². The summed E-state index contributed by atoms with van der Waals surface area (Å²) in [5, 5.41) is 23.0. The Morgan fingerprint density at radius 2 is 1.19 bits per heavy atom. The molecule has 0 radical (unpaired) electrons. The van der Waals surface area contributed by atoms with Gasteiger partial charge in [-0.15, -0.1) is 29.5 Å². The minimum Gasteiger partial charge on any atom is -0.507 e. The van der Waals surface area contributed by atoms with Gasteiger partial charge in [-0.1, -0.05) is 182 Å². The minimum atomic E-state index is -0.346. The summed E-state index contributed by atoms with van der Waals surface area (Å²) >= 11 is 1.63. The normalized spacial score (nSPS) is 12.5. The van der Waals surface area contributed by atoms with Gasteiger partial charge in [-0.3, -0.25) is 9.55 Å². The molecule has 9 aromatic carbocycles. The van der Waals surface area contributed by atoms with E-state index >= 15 is 0 Å². The average Bonchev–Trinajstić information content (AvgIpc) is 4.08. The van der Waals surface area contributed by atoms with E-state index in [-0.39, 0.29) is 43.1 Å².